The number of rotatable bonds is 8. The van der Waals surface area contributed by atoms with Crippen LogP contribution in [0.25, 0.3) is 0 Å². The van der Waals surface area contributed by atoms with E-state index in [-0.39, 0.29) is 30.4 Å². The van der Waals surface area contributed by atoms with Gasteiger partial charge in [0.15, 0.2) is 0 Å². The van der Waals surface area contributed by atoms with Gasteiger partial charge in [-0.05, 0) is 63.1 Å². The smallest absolute Gasteiger partial charge is 0.305 e. The molecule has 0 bridgehead atoms. The van der Waals surface area contributed by atoms with Crippen molar-refractivity contribution in [1.82, 2.24) is 4.31 Å². The van der Waals surface area contributed by atoms with Gasteiger partial charge in [0.05, 0.1) is 6.61 Å². The largest absolute Gasteiger partial charge is 0.466 e. The van der Waals surface area contributed by atoms with Gasteiger partial charge in [-0.3, -0.25) is 4.79 Å². The predicted molar refractivity (Wildman–Crippen MR) is 136 cm³/mol. The Morgan fingerprint density at radius 3 is 2.53 bits per heavy atom. The van der Waals surface area contributed by atoms with Crippen molar-refractivity contribution in [1.29, 1.82) is 0 Å². The monoisotopic (exact) mass is 517 g/mol. The molecule has 2 saturated heterocycles. The summed E-state index contributed by atoms with van der Waals surface area (Å²) in [6.45, 7) is 5.10. The lowest BCUT2D eigenvalue weighted by Crippen LogP contribution is -2.44. The molecule has 2 aliphatic rings. The van der Waals surface area contributed by atoms with Gasteiger partial charge in [0.2, 0.25) is 10.0 Å². The highest BCUT2D eigenvalue weighted by Crippen LogP contribution is 2.41. The minimum atomic E-state index is -3.65. The Bertz CT molecular complexity index is 1150. The van der Waals surface area contributed by atoms with E-state index in [0.717, 1.165) is 17.5 Å². The summed E-state index contributed by atoms with van der Waals surface area (Å²) < 4.78 is 54.7. The number of carbonyl (C=O) groups excluding carboxylic acids is 1. The Morgan fingerprint density at radius 1 is 1.14 bits per heavy atom. The van der Waals surface area contributed by atoms with Crippen LogP contribution in [0.1, 0.15) is 74.3 Å². The number of benzene rings is 2. The summed E-state index contributed by atoms with van der Waals surface area (Å²) in [5.74, 6) is -0.670. The molecule has 0 radical (unpaired) electrons. The summed E-state index contributed by atoms with van der Waals surface area (Å²) in [7, 11) is -3.65. The van der Waals surface area contributed by atoms with E-state index in [9.17, 15) is 13.2 Å². The van der Waals surface area contributed by atoms with Crippen LogP contribution < -0.4 is 0 Å². The molecule has 36 heavy (non-hydrogen) atoms. The van der Waals surface area contributed by atoms with Crippen molar-refractivity contribution in [3.63, 3.8) is 0 Å². The van der Waals surface area contributed by atoms with Crippen LogP contribution in [0.5, 0.6) is 0 Å². The fourth-order valence-electron chi connectivity index (χ4n) is 5.54. The standard InChI is InChI=1S/C28H36FNO5S/c1-3-35-27(31)13-14-28(15-17-34-18-16-28)24-11-10-23(25(29)19-24)20-30-21(2)9-12-26(36(30,32)33)22-7-5-4-6-8-22/h4-8,10-11,19,21,26H,3,9,12-18,20H2,1-2H3/t21-,26+/m0/s1. The van der Waals surface area contributed by atoms with Crippen molar-refractivity contribution >= 4 is 16.0 Å². The highest BCUT2D eigenvalue weighted by Gasteiger charge is 2.41. The Balaban J connectivity index is 1.57. The van der Waals surface area contributed by atoms with Crippen LogP contribution in [-0.2, 0) is 36.3 Å². The molecule has 2 heterocycles. The second kappa shape index (κ2) is 11.4. The maximum atomic E-state index is 15.5. The zero-order valence-electron chi connectivity index (χ0n) is 21.1. The van der Waals surface area contributed by atoms with Gasteiger partial charge in [-0.1, -0.05) is 42.5 Å². The summed E-state index contributed by atoms with van der Waals surface area (Å²) in [6.07, 6.45) is 3.49. The quantitative estimate of drug-likeness (QED) is 0.446. The van der Waals surface area contributed by atoms with E-state index in [2.05, 4.69) is 0 Å². The summed E-state index contributed by atoms with van der Waals surface area (Å²) >= 11 is 0. The first-order valence-corrected chi connectivity index (χ1v) is 14.3. The average molecular weight is 518 g/mol. The van der Waals surface area contributed by atoms with Gasteiger partial charge in [-0.2, -0.15) is 4.31 Å². The van der Waals surface area contributed by atoms with Crippen molar-refractivity contribution < 1.29 is 27.1 Å². The van der Waals surface area contributed by atoms with E-state index >= 15 is 4.39 Å². The molecule has 0 spiro atoms. The minimum absolute atomic E-state index is 0.00210. The molecule has 6 nitrogen and oxygen atoms in total. The number of esters is 1. The Kier molecular flexibility index (Phi) is 8.48. The van der Waals surface area contributed by atoms with Gasteiger partial charge in [-0.25, -0.2) is 12.8 Å². The molecule has 0 aliphatic carbocycles. The third kappa shape index (κ3) is 5.66. The van der Waals surface area contributed by atoms with E-state index in [1.54, 1.807) is 13.0 Å². The first-order valence-electron chi connectivity index (χ1n) is 12.8. The third-order valence-corrected chi connectivity index (χ3v) is 10.1. The van der Waals surface area contributed by atoms with Gasteiger partial charge < -0.3 is 9.47 Å². The number of carbonyl (C=O) groups is 1. The molecular formula is C28H36FNO5S. The second-order valence-corrected chi connectivity index (χ2v) is 12.0. The molecular weight excluding hydrogens is 481 g/mol. The van der Waals surface area contributed by atoms with E-state index in [1.165, 1.54) is 10.4 Å². The molecule has 2 aliphatic heterocycles. The maximum absolute atomic E-state index is 15.5. The molecule has 2 aromatic rings. The lowest BCUT2D eigenvalue weighted by Gasteiger charge is -2.39. The predicted octanol–water partition coefficient (Wildman–Crippen LogP) is 5.27. The molecule has 4 rings (SSSR count). The lowest BCUT2D eigenvalue weighted by atomic mass is 9.71. The van der Waals surface area contributed by atoms with Gasteiger partial charge in [0.25, 0.3) is 0 Å². The first-order chi connectivity index (χ1) is 17.3. The normalized spacial score (nSPS) is 23.8. The van der Waals surface area contributed by atoms with Crippen molar-refractivity contribution in [3.8, 4) is 0 Å². The topological polar surface area (TPSA) is 72.9 Å². The number of hydrogen-bond donors (Lipinski definition) is 0. The van der Waals surface area contributed by atoms with E-state index in [4.69, 9.17) is 9.47 Å². The van der Waals surface area contributed by atoms with Crippen LogP contribution in [0.4, 0.5) is 4.39 Å². The van der Waals surface area contributed by atoms with Crippen LogP contribution in [0.2, 0.25) is 0 Å². The van der Waals surface area contributed by atoms with Crippen LogP contribution in [0, 0.1) is 5.82 Å². The number of ether oxygens (including phenoxy) is 2. The molecule has 2 aromatic carbocycles. The molecule has 2 atom stereocenters. The van der Waals surface area contributed by atoms with Crippen LogP contribution in [0.3, 0.4) is 0 Å². The van der Waals surface area contributed by atoms with Gasteiger partial charge in [0, 0.05) is 43.2 Å². The van der Waals surface area contributed by atoms with Crippen molar-refractivity contribution in [2.75, 3.05) is 19.8 Å². The fourth-order valence-corrected chi connectivity index (χ4v) is 7.73. The van der Waals surface area contributed by atoms with Crippen molar-refractivity contribution in [3.05, 3.63) is 71.0 Å². The summed E-state index contributed by atoms with van der Waals surface area (Å²) in [5, 5.41) is -0.620. The van der Waals surface area contributed by atoms with Crippen molar-refractivity contribution in [2.24, 2.45) is 0 Å². The van der Waals surface area contributed by atoms with E-state index < -0.39 is 21.1 Å². The molecule has 8 heteroatoms. The number of halogens is 1. The molecule has 0 amide bonds. The first kappa shape index (κ1) is 26.8. The molecule has 0 unspecified atom stereocenters. The molecule has 2 fully saturated rings. The zero-order chi connectivity index (χ0) is 25.8. The third-order valence-electron chi connectivity index (χ3n) is 7.75. The second-order valence-electron chi connectivity index (χ2n) is 9.92. The lowest BCUT2D eigenvalue weighted by molar-refractivity contribution is -0.143. The Hall–Kier alpha value is -2.29. The number of nitrogens with zero attached hydrogens (tertiary/aromatic N) is 1. The van der Waals surface area contributed by atoms with Gasteiger partial charge in [-0.15, -0.1) is 0 Å². The molecule has 0 N–H and O–H groups in total. The van der Waals surface area contributed by atoms with Crippen LogP contribution in [0.15, 0.2) is 48.5 Å². The Labute approximate surface area is 213 Å². The molecule has 0 aromatic heterocycles. The zero-order valence-corrected chi connectivity index (χ0v) is 21.9. The summed E-state index contributed by atoms with van der Waals surface area (Å²) in [5.41, 5.74) is 1.59. The maximum Gasteiger partial charge on any atom is 0.305 e. The molecule has 0 saturated carbocycles. The minimum Gasteiger partial charge on any atom is -0.466 e. The summed E-state index contributed by atoms with van der Waals surface area (Å²) in [4.78, 5) is 12.0. The van der Waals surface area contributed by atoms with Crippen LogP contribution in [-0.4, -0.2) is 44.6 Å². The molecule has 196 valence electrons. The van der Waals surface area contributed by atoms with Gasteiger partial charge in [0.1, 0.15) is 11.1 Å². The highest BCUT2D eigenvalue weighted by atomic mass is 32.2. The SMILES string of the molecule is CCOC(=O)CCC1(c2ccc(CN3[C@@H](C)CC[C@H](c4ccccc4)S3(=O)=O)c(F)c2)CCOCC1. The highest BCUT2D eigenvalue weighted by molar-refractivity contribution is 7.89. The number of sulfonamides is 1. The Morgan fingerprint density at radius 2 is 1.86 bits per heavy atom. The fraction of sp³-hybridized carbons (Fsp3) is 0.536. The number of hydrogen-bond acceptors (Lipinski definition) is 5. The van der Waals surface area contributed by atoms with Crippen LogP contribution >= 0.6 is 0 Å². The van der Waals surface area contributed by atoms with Gasteiger partial charge >= 0.3 is 5.97 Å². The van der Waals surface area contributed by atoms with E-state index in [1.807, 2.05) is 43.3 Å². The van der Waals surface area contributed by atoms with E-state index in [0.29, 0.717) is 51.1 Å². The van der Waals surface area contributed by atoms with Crippen molar-refractivity contribution in [2.45, 2.75) is 75.6 Å². The summed E-state index contributed by atoms with van der Waals surface area (Å²) in [6, 6.07) is 14.2. The average Bonchev–Trinajstić information content (AvgIpc) is 2.87.